The normalized spacial score (nSPS) is 12.1. The minimum absolute atomic E-state index is 0.00109. The lowest BCUT2D eigenvalue weighted by Gasteiger charge is -2.20. The molecule has 5 aromatic rings. The van der Waals surface area contributed by atoms with E-state index in [4.69, 9.17) is 17.2 Å². The van der Waals surface area contributed by atoms with E-state index in [1.807, 2.05) is 12.1 Å². The van der Waals surface area contributed by atoms with Crippen molar-refractivity contribution in [3.8, 4) is 11.4 Å². The molecule has 0 radical (unpaired) electrons. The van der Waals surface area contributed by atoms with E-state index in [0.717, 1.165) is 5.56 Å². The number of nitrogens with two attached hydrogens (primary N) is 3. The molecule has 254 valence electrons. The number of nitrogen functional groups attached to an aromatic ring is 3. The molecule has 0 unspecified atom stereocenters. The van der Waals surface area contributed by atoms with Crippen LogP contribution in [0.4, 0.5) is 23.1 Å². The maximum atomic E-state index is 13.2. The quantitative estimate of drug-likeness (QED) is 0.0540. The number of H-pyrrole nitrogens is 1. The van der Waals surface area contributed by atoms with Crippen molar-refractivity contribution < 1.29 is 19.5 Å². The summed E-state index contributed by atoms with van der Waals surface area (Å²) in [6.45, 7) is 6.43. The first-order valence-corrected chi connectivity index (χ1v) is 15.4. The highest BCUT2D eigenvalue weighted by Crippen LogP contribution is 2.30. The maximum Gasteiger partial charge on any atom is 0.326 e. The number of carboxylic acids is 1. The number of aromatic nitrogens is 8. The summed E-state index contributed by atoms with van der Waals surface area (Å²) < 4.78 is 0. The van der Waals surface area contributed by atoms with Gasteiger partial charge in [0.2, 0.25) is 11.8 Å². The predicted molar refractivity (Wildman–Crippen MR) is 182 cm³/mol. The lowest BCUT2D eigenvalue weighted by molar-refractivity contribution is -0.139. The third-order valence-corrected chi connectivity index (χ3v) is 7.80. The molecular weight excluding hydrogens is 630 g/mol. The van der Waals surface area contributed by atoms with Crippen LogP contribution in [-0.2, 0) is 16.8 Å². The standard InChI is InChI=1S/C32H37N13O4/c1-32(2,3)17-9-10-19(20(13-17)27-42-44-45-43-27)24(46)7-5-4-6-23(30(48)49)39-29(47)16-8-11-22(21(33)12-16)36-14-18-15-37-28-25(38-18)26(34)40-31(35)41-28/h8-13,15,23,36H,4-7,14,33H2,1-3H3,(H,39,47)(H,48,49)(H,42,43,44,45)(H4,34,35,37,40,41)/t23-/m0/s1. The van der Waals surface area contributed by atoms with Crippen LogP contribution < -0.4 is 27.8 Å². The molecule has 0 saturated carbocycles. The lowest BCUT2D eigenvalue weighted by atomic mass is 9.84. The summed E-state index contributed by atoms with van der Waals surface area (Å²) in [6, 6.07) is 8.98. The van der Waals surface area contributed by atoms with Gasteiger partial charge >= 0.3 is 5.97 Å². The molecule has 49 heavy (non-hydrogen) atoms. The Morgan fingerprint density at radius 2 is 1.80 bits per heavy atom. The number of fused-ring (bicyclic) bond motifs is 1. The van der Waals surface area contributed by atoms with Crippen LogP contribution >= 0.6 is 0 Å². The largest absolute Gasteiger partial charge is 0.480 e. The molecule has 17 heteroatoms. The van der Waals surface area contributed by atoms with Crippen LogP contribution in [0.3, 0.4) is 0 Å². The van der Waals surface area contributed by atoms with Gasteiger partial charge in [0.15, 0.2) is 22.8 Å². The number of rotatable bonds is 13. The van der Waals surface area contributed by atoms with Gasteiger partial charge in [-0.05, 0) is 53.3 Å². The number of nitrogens with zero attached hydrogens (tertiary/aromatic N) is 7. The van der Waals surface area contributed by atoms with E-state index in [1.165, 1.54) is 18.3 Å². The van der Waals surface area contributed by atoms with Crippen molar-refractivity contribution in [1.29, 1.82) is 0 Å². The first-order valence-electron chi connectivity index (χ1n) is 15.4. The van der Waals surface area contributed by atoms with Gasteiger partial charge in [-0.1, -0.05) is 39.3 Å². The molecule has 0 bridgehead atoms. The van der Waals surface area contributed by atoms with Crippen LogP contribution in [0.25, 0.3) is 22.6 Å². The smallest absolute Gasteiger partial charge is 0.326 e. The number of Topliss-reactive ketones (excluding diaryl/α,β-unsaturated/α-hetero) is 1. The number of hydrogen-bond acceptors (Lipinski definition) is 14. The number of nitrogens with one attached hydrogen (secondary N) is 3. The summed E-state index contributed by atoms with van der Waals surface area (Å²) in [5.74, 6) is -1.49. The maximum absolute atomic E-state index is 13.2. The van der Waals surface area contributed by atoms with Gasteiger partial charge in [-0.15, -0.1) is 10.2 Å². The molecule has 0 aliphatic rings. The first-order chi connectivity index (χ1) is 23.3. The number of benzene rings is 2. The molecule has 0 aliphatic carbocycles. The third-order valence-electron chi connectivity index (χ3n) is 7.80. The van der Waals surface area contributed by atoms with Crippen LogP contribution in [-0.4, -0.2) is 69.4 Å². The Hall–Kier alpha value is -6.26. The fraction of sp³-hybridized carbons (Fsp3) is 0.312. The van der Waals surface area contributed by atoms with E-state index in [-0.39, 0.29) is 59.2 Å². The molecule has 3 heterocycles. The molecule has 0 aliphatic heterocycles. The van der Waals surface area contributed by atoms with Gasteiger partial charge in [-0.2, -0.15) is 15.2 Å². The van der Waals surface area contributed by atoms with Gasteiger partial charge in [0.1, 0.15) is 6.04 Å². The van der Waals surface area contributed by atoms with Gasteiger partial charge in [-0.3, -0.25) is 9.59 Å². The summed E-state index contributed by atoms with van der Waals surface area (Å²) in [6.07, 6.45) is 2.60. The Balaban J connectivity index is 1.15. The molecule has 10 N–H and O–H groups in total. The number of carbonyl (C=O) groups excluding carboxylic acids is 2. The minimum Gasteiger partial charge on any atom is -0.480 e. The number of amides is 1. The van der Waals surface area contributed by atoms with Crippen molar-refractivity contribution in [3.63, 3.8) is 0 Å². The zero-order valence-electron chi connectivity index (χ0n) is 27.2. The van der Waals surface area contributed by atoms with E-state index in [0.29, 0.717) is 46.7 Å². The van der Waals surface area contributed by atoms with Gasteiger partial charge < -0.3 is 32.9 Å². The fourth-order valence-electron chi connectivity index (χ4n) is 5.10. The van der Waals surface area contributed by atoms with Gasteiger partial charge in [-0.25, -0.2) is 14.8 Å². The number of aliphatic carboxylic acids is 1. The van der Waals surface area contributed by atoms with Crippen molar-refractivity contribution >= 4 is 52.0 Å². The van der Waals surface area contributed by atoms with Crippen LogP contribution in [0.15, 0.2) is 42.6 Å². The summed E-state index contributed by atoms with van der Waals surface area (Å²) in [5.41, 5.74) is 21.7. The summed E-state index contributed by atoms with van der Waals surface area (Å²) >= 11 is 0. The summed E-state index contributed by atoms with van der Waals surface area (Å²) in [5, 5.41) is 29.6. The lowest BCUT2D eigenvalue weighted by Crippen LogP contribution is -2.40. The van der Waals surface area contributed by atoms with Crippen LogP contribution in [0.2, 0.25) is 0 Å². The number of carbonyl (C=O) groups is 3. The minimum atomic E-state index is -1.19. The van der Waals surface area contributed by atoms with E-state index in [1.54, 1.807) is 12.1 Å². The van der Waals surface area contributed by atoms with E-state index < -0.39 is 17.9 Å². The zero-order chi connectivity index (χ0) is 35.3. The Morgan fingerprint density at radius 3 is 2.49 bits per heavy atom. The molecule has 3 aromatic heterocycles. The molecular formula is C32H37N13O4. The number of unbranched alkanes of at least 4 members (excludes halogenated alkanes) is 1. The molecule has 0 spiro atoms. The topological polar surface area (TPSA) is 280 Å². The Morgan fingerprint density at radius 1 is 1.00 bits per heavy atom. The van der Waals surface area contributed by atoms with Gasteiger partial charge in [0.25, 0.3) is 5.91 Å². The number of hydrogen-bond donors (Lipinski definition) is 7. The highest BCUT2D eigenvalue weighted by atomic mass is 16.4. The highest BCUT2D eigenvalue weighted by molar-refractivity contribution is 6.02. The number of aromatic amines is 1. The number of tetrazole rings is 1. The number of carboxylic acid groups (broad SMARTS) is 1. The molecule has 0 saturated heterocycles. The van der Waals surface area contributed by atoms with E-state index in [2.05, 4.69) is 72.0 Å². The monoisotopic (exact) mass is 667 g/mol. The number of ketones is 1. The second-order valence-corrected chi connectivity index (χ2v) is 12.4. The van der Waals surface area contributed by atoms with Crippen molar-refractivity contribution in [2.45, 2.75) is 64.5 Å². The van der Waals surface area contributed by atoms with Crippen molar-refractivity contribution in [1.82, 2.24) is 45.9 Å². The predicted octanol–water partition coefficient (Wildman–Crippen LogP) is 2.88. The Kier molecular flexibility index (Phi) is 9.91. The Bertz CT molecular complexity index is 2010. The van der Waals surface area contributed by atoms with Gasteiger partial charge in [0.05, 0.1) is 29.8 Å². The molecule has 17 nitrogen and oxygen atoms in total. The Labute approximate surface area is 280 Å². The highest BCUT2D eigenvalue weighted by Gasteiger charge is 2.23. The van der Waals surface area contributed by atoms with Crippen LogP contribution in [0.5, 0.6) is 0 Å². The van der Waals surface area contributed by atoms with Crippen LogP contribution in [0.1, 0.15) is 78.4 Å². The van der Waals surface area contributed by atoms with Gasteiger partial charge in [0, 0.05) is 23.1 Å². The summed E-state index contributed by atoms with van der Waals surface area (Å²) in [4.78, 5) is 54.7. The first kappa shape index (κ1) is 34.1. The average Bonchev–Trinajstić information content (AvgIpc) is 3.60. The van der Waals surface area contributed by atoms with Crippen LogP contribution in [0, 0.1) is 0 Å². The average molecular weight is 668 g/mol. The summed E-state index contributed by atoms with van der Waals surface area (Å²) in [7, 11) is 0. The second-order valence-electron chi connectivity index (χ2n) is 12.4. The van der Waals surface area contributed by atoms with Crippen molar-refractivity contribution in [3.05, 3.63) is 65.0 Å². The SMILES string of the molecule is CC(C)(C)c1ccc(C(=O)CCCC[C@H](NC(=O)c2ccc(NCc3cnc4nc(N)nc(N)c4n3)c(N)c2)C(=O)O)c(-c2nn[nH]n2)c1. The number of anilines is 4. The van der Waals surface area contributed by atoms with E-state index >= 15 is 0 Å². The van der Waals surface area contributed by atoms with Crippen molar-refractivity contribution in [2.75, 3.05) is 22.5 Å². The molecule has 5 rings (SSSR count). The second kappa shape index (κ2) is 14.2. The fourth-order valence-corrected chi connectivity index (χ4v) is 5.10. The molecule has 0 fully saturated rings. The molecule has 1 amide bonds. The third kappa shape index (κ3) is 8.19. The molecule has 2 aromatic carbocycles. The van der Waals surface area contributed by atoms with E-state index in [9.17, 15) is 19.5 Å². The zero-order valence-corrected chi connectivity index (χ0v) is 27.2. The molecule has 1 atom stereocenters. The van der Waals surface area contributed by atoms with Crippen molar-refractivity contribution in [2.24, 2.45) is 0 Å².